The summed E-state index contributed by atoms with van der Waals surface area (Å²) in [5.74, 6) is 0. The maximum atomic E-state index is 9.43. The van der Waals surface area contributed by atoms with Crippen molar-refractivity contribution < 1.29 is 5.11 Å². The Bertz CT molecular complexity index is 329. The molecular weight excluding hydrogens is 234 g/mol. The molecule has 0 amide bonds. The summed E-state index contributed by atoms with van der Waals surface area (Å²) in [6, 6.07) is 0.511. The molecule has 0 spiro atoms. The van der Waals surface area contributed by atoms with Crippen molar-refractivity contribution in [1.29, 1.82) is 0 Å². The van der Waals surface area contributed by atoms with Gasteiger partial charge >= 0.3 is 0 Å². The van der Waals surface area contributed by atoms with Crippen LogP contribution >= 0.6 is 11.3 Å². The Morgan fingerprint density at radius 2 is 2.41 bits per heavy atom. The molecule has 2 rings (SSSR count). The Kier molecular flexibility index (Phi) is 4.50. The highest BCUT2D eigenvalue weighted by atomic mass is 32.1. The summed E-state index contributed by atoms with van der Waals surface area (Å²) in [5, 5.41) is 11.5. The third-order valence-electron chi connectivity index (χ3n) is 3.22. The van der Waals surface area contributed by atoms with Crippen LogP contribution in [0.2, 0.25) is 0 Å². The van der Waals surface area contributed by atoms with Gasteiger partial charge in [0.15, 0.2) is 0 Å². The largest absolute Gasteiger partial charge is 0.392 e. The van der Waals surface area contributed by atoms with E-state index in [0.717, 1.165) is 32.7 Å². The van der Waals surface area contributed by atoms with Crippen molar-refractivity contribution >= 4 is 11.3 Å². The minimum absolute atomic E-state index is 0.234. The van der Waals surface area contributed by atoms with E-state index in [1.807, 2.05) is 12.4 Å². The summed E-state index contributed by atoms with van der Waals surface area (Å²) < 4.78 is 0. The van der Waals surface area contributed by atoms with Gasteiger partial charge in [-0.15, -0.1) is 11.3 Å². The Labute approximate surface area is 107 Å². The summed E-state index contributed by atoms with van der Waals surface area (Å²) >= 11 is 1.66. The number of aliphatic hydroxyl groups is 1. The van der Waals surface area contributed by atoms with Crippen molar-refractivity contribution in [3.8, 4) is 0 Å². The second-order valence-corrected chi connectivity index (χ2v) is 5.63. The Hall–Kier alpha value is -0.490. The number of rotatable bonds is 4. The SMILES string of the molecule is C[C@@H](O)CN1CCN(Cc2cscn2)C[C@@H]1C. The lowest BCUT2D eigenvalue weighted by molar-refractivity contribution is 0.0419. The molecule has 0 bridgehead atoms. The highest BCUT2D eigenvalue weighted by Crippen LogP contribution is 2.13. The van der Waals surface area contributed by atoms with Gasteiger partial charge in [0, 0.05) is 44.1 Å². The molecule has 1 aliphatic rings. The van der Waals surface area contributed by atoms with Crippen molar-refractivity contribution in [2.45, 2.75) is 32.5 Å². The number of thiazole rings is 1. The van der Waals surface area contributed by atoms with Crippen LogP contribution in [-0.4, -0.2) is 58.2 Å². The van der Waals surface area contributed by atoms with Crippen LogP contribution < -0.4 is 0 Å². The van der Waals surface area contributed by atoms with Gasteiger partial charge in [-0.1, -0.05) is 0 Å². The number of hydrogen-bond acceptors (Lipinski definition) is 5. The van der Waals surface area contributed by atoms with Crippen LogP contribution in [0.15, 0.2) is 10.9 Å². The van der Waals surface area contributed by atoms with Crippen LogP contribution in [0, 0.1) is 0 Å². The second-order valence-electron chi connectivity index (χ2n) is 4.91. The molecule has 5 heteroatoms. The molecule has 96 valence electrons. The van der Waals surface area contributed by atoms with Crippen molar-refractivity contribution in [3.05, 3.63) is 16.6 Å². The van der Waals surface area contributed by atoms with Crippen LogP contribution in [-0.2, 0) is 6.54 Å². The minimum Gasteiger partial charge on any atom is -0.392 e. The quantitative estimate of drug-likeness (QED) is 0.872. The standard InChI is InChI=1S/C12H21N3OS/c1-10-5-14(7-12-8-17-9-13-12)3-4-15(10)6-11(2)16/h8-11,16H,3-7H2,1-2H3/t10-,11+/m0/s1. The summed E-state index contributed by atoms with van der Waals surface area (Å²) in [7, 11) is 0. The molecule has 2 heterocycles. The normalized spacial score (nSPS) is 25.0. The van der Waals surface area contributed by atoms with Crippen molar-refractivity contribution in [2.75, 3.05) is 26.2 Å². The minimum atomic E-state index is -0.234. The Morgan fingerprint density at radius 3 is 3.00 bits per heavy atom. The van der Waals surface area contributed by atoms with Crippen LogP contribution in [0.1, 0.15) is 19.5 Å². The van der Waals surface area contributed by atoms with E-state index in [4.69, 9.17) is 0 Å². The van der Waals surface area contributed by atoms with Gasteiger partial charge < -0.3 is 5.11 Å². The topological polar surface area (TPSA) is 39.6 Å². The molecule has 0 aromatic carbocycles. The predicted octanol–water partition coefficient (Wildman–Crippen LogP) is 1.03. The molecule has 4 nitrogen and oxygen atoms in total. The van der Waals surface area contributed by atoms with Crippen molar-refractivity contribution in [1.82, 2.24) is 14.8 Å². The van der Waals surface area contributed by atoms with Gasteiger partial charge in [-0.25, -0.2) is 4.98 Å². The fourth-order valence-corrected chi connectivity index (χ4v) is 2.92. The average Bonchev–Trinajstić information content (AvgIpc) is 2.74. The van der Waals surface area contributed by atoms with Crippen LogP contribution in [0.3, 0.4) is 0 Å². The maximum absolute atomic E-state index is 9.43. The molecule has 0 aliphatic carbocycles. The highest BCUT2D eigenvalue weighted by Gasteiger charge is 2.24. The smallest absolute Gasteiger partial charge is 0.0795 e. The van der Waals surface area contributed by atoms with E-state index < -0.39 is 0 Å². The van der Waals surface area contributed by atoms with Gasteiger partial charge in [-0.2, -0.15) is 0 Å². The van der Waals surface area contributed by atoms with E-state index in [1.54, 1.807) is 11.3 Å². The van der Waals surface area contributed by atoms with E-state index >= 15 is 0 Å². The highest BCUT2D eigenvalue weighted by molar-refractivity contribution is 7.07. The van der Waals surface area contributed by atoms with E-state index in [2.05, 4.69) is 27.1 Å². The van der Waals surface area contributed by atoms with Crippen molar-refractivity contribution in [2.24, 2.45) is 0 Å². The third-order valence-corrected chi connectivity index (χ3v) is 3.85. The predicted molar refractivity (Wildman–Crippen MR) is 70.1 cm³/mol. The maximum Gasteiger partial charge on any atom is 0.0795 e. The van der Waals surface area contributed by atoms with Gasteiger partial charge in [0.1, 0.15) is 0 Å². The van der Waals surface area contributed by atoms with E-state index in [-0.39, 0.29) is 6.10 Å². The van der Waals surface area contributed by atoms with Gasteiger partial charge in [-0.05, 0) is 13.8 Å². The summed E-state index contributed by atoms with van der Waals surface area (Å²) in [4.78, 5) is 9.13. The molecule has 0 radical (unpaired) electrons. The zero-order chi connectivity index (χ0) is 12.3. The molecule has 1 saturated heterocycles. The lowest BCUT2D eigenvalue weighted by Gasteiger charge is -2.40. The molecule has 0 saturated carbocycles. The fraction of sp³-hybridized carbons (Fsp3) is 0.750. The monoisotopic (exact) mass is 255 g/mol. The average molecular weight is 255 g/mol. The van der Waals surface area contributed by atoms with E-state index in [0.29, 0.717) is 6.04 Å². The Morgan fingerprint density at radius 1 is 1.59 bits per heavy atom. The zero-order valence-corrected chi connectivity index (χ0v) is 11.4. The molecule has 17 heavy (non-hydrogen) atoms. The first-order valence-electron chi connectivity index (χ1n) is 6.16. The van der Waals surface area contributed by atoms with E-state index in [1.165, 1.54) is 5.69 Å². The number of β-amino-alcohol motifs (C(OH)–C–C–N with tert-alkyl or cyclic N) is 1. The molecular formula is C12H21N3OS. The number of piperazine rings is 1. The number of nitrogens with zero attached hydrogens (tertiary/aromatic N) is 3. The molecule has 1 N–H and O–H groups in total. The van der Waals surface area contributed by atoms with E-state index in [9.17, 15) is 5.11 Å². The molecule has 1 aromatic rings. The summed E-state index contributed by atoms with van der Waals surface area (Å²) in [6.45, 7) is 8.99. The molecule has 0 unspecified atom stereocenters. The lowest BCUT2D eigenvalue weighted by Crippen LogP contribution is -2.53. The first-order valence-corrected chi connectivity index (χ1v) is 7.11. The lowest BCUT2D eigenvalue weighted by atomic mass is 10.1. The van der Waals surface area contributed by atoms with Gasteiger partial charge in [0.2, 0.25) is 0 Å². The zero-order valence-electron chi connectivity index (χ0n) is 10.5. The van der Waals surface area contributed by atoms with Crippen LogP contribution in [0.4, 0.5) is 0 Å². The molecule has 1 aromatic heterocycles. The molecule has 2 atom stereocenters. The third kappa shape index (κ3) is 3.74. The fourth-order valence-electron chi connectivity index (χ4n) is 2.37. The Balaban J connectivity index is 1.82. The molecule has 1 aliphatic heterocycles. The van der Waals surface area contributed by atoms with Gasteiger partial charge in [0.05, 0.1) is 17.3 Å². The number of aromatic nitrogens is 1. The summed E-state index contributed by atoms with van der Waals surface area (Å²) in [6.07, 6.45) is -0.234. The number of aliphatic hydroxyl groups excluding tert-OH is 1. The molecule has 1 fully saturated rings. The summed E-state index contributed by atoms with van der Waals surface area (Å²) in [5.41, 5.74) is 3.06. The van der Waals surface area contributed by atoms with Crippen LogP contribution in [0.5, 0.6) is 0 Å². The first kappa shape index (κ1) is 13.0. The van der Waals surface area contributed by atoms with Gasteiger partial charge in [-0.3, -0.25) is 9.80 Å². The number of hydrogen-bond donors (Lipinski definition) is 1. The van der Waals surface area contributed by atoms with Crippen LogP contribution in [0.25, 0.3) is 0 Å². The second kappa shape index (κ2) is 5.91. The van der Waals surface area contributed by atoms with Crippen molar-refractivity contribution in [3.63, 3.8) is 0 Å². The van der Waals surface area contributed by atoms with Gasteiger partial charge in [0.25, 0.3) is 0 Å². The first-order chi connectivity index (χ1) is 8.15.